The van der Waals surface area contributed by atoms with Crippen LogP contribution in [0.4, 0.5) is 0 Å². The van der Waals surface area contributed by atoms with Gasteiger partial charge in [-0.15, -0.1) is 0 Å². The van der Waals surface area contributed by atoms with Crippen LogP contribution in [-0.4, -0.2) is 30.4 Å². The Bertz CT molecular complexity index is 1120. The van der Waals surface area contributed by atoms with Crippen LogP contribution in [0.15, 0.2) is 47.3 Å². The topological polar surface area (TPSA) is 71.8 Å². The van der Waals surface area contributed by atoms with Gasteiger partial charge in [0.15, 0.2) is 11.5 Å². The molecule has 0 N–H and O–H groups in total. The maximum atomic E-state index is 12.7. The van der Waals surface area contributed by atoms with E-state index < -0.39 is 0 Å². The van der Waals surface area contributed by atoms with E-state index in [0.717, 1.165) is 35.4 Å². The van der Waals surface area contributed by atoms with Crippen LogP contribution in [0.2, 0.25) is 0 Å². The largest absolute Gasteiger partial charge is 0.494 e. The van der Waals surface area contributed by atoms with Crippen LogP contribution in [0, 0.1) is 0 Å². The van der Waals surface area contributed by atoms with Crippen molar-refractivity contribution >= 4 is 0 Å². The Kier molecular flexibility index (Phi) is 6.11. The third kappa shape index (κ3) is 4.35. The number of fused-ring (bicyclic) bond motifs is 3. The summed E-state index contributed by atoms with van der Waals surface area (Å²) in [6.07, 6.45) is 2.81. The van der Waals surface area contributed by atoms with Crippen LogP contribution < -0.4 is 24.6 Å². The summed E-state index contributed by atoms with van der Waals surface area (Å²) in [6, 6.07) is 13.0. The third-order valence-electron chi connectivity index (χ3n) is 5.29. The van der Waals surface area contributed by atoms with Gasteiger partial charge in [-0.05, 0) is 54.8 Å². The van der Waals surface area contributed by atoms with Crippen LogP contribution in [0.1, 0.15) is 25.3 Å². The zero-order valence-corrected chi connectivity index (χ0v) is 18.0. The van der Waals surface area contributed by atoms with Crippen molar-refractivity contribution in [2.75, 3.05) is 20.8 Å². The van der Waals surface area contributed by atoms with Gasteiger partial charge < -0.3 is 18.9 Å². The van der Waals surface area contributed by atoms with Crippen molar-refractivity contribution in [2.24, 2.45) is 0 Å². The Morgan fingerprint density at radius 2 is 1.71 bits per heavy atom. The average molecular weight is 422 g/mol. The summed E-state index contributed by atoms with van der Waals surface area (Å²) < 4.78 is 24.1. The molecule has 0 aliphatic carbocycles. The van der Waals surface area contributed by atoms with E-state index in [1.807, 2.05) is 36.4 Å². The van der Waals surface area contributed by atoms with Crippen molar-refractivity contribution in [2.45, 2.75) is 32.7 Å². The maximum absolute atomic E-state index is 12.7. The molecule has 0 amide bonds. The molecule has 0 fully saturated rings. The Labute approximate surface area is 181 Å². The molecular formula is C24H26N2O5. The standard InChI is InChI=1S/C24H26N2O5/c1-4-5-12-30-17-6-8-18(9-7-17)31-23-15-20-19-14-22(29-3)21(28-2)13-16(19)10-11-26(20)24(27)25-23/h6-9,13-15H,4-5,10-12H2,1-3H3. The Morgan fingerprint density at radius 1 is 1.00 bits per heavy atom. The van der Waals surface area contributed by atoms with Gasteiger partial charge in [-0.2, -0.15) is 4.98 Å². The molecule has 0 radical (unpaired) electrons. The fourth-order valence-electron chi connectivity index (χ4n) is 3.63. The summed E-state index contributed by atoms with van der Waals surface area (Å²) in [5, 5.41) is 0. The Hall–Kier alpha value is -3.48. The second-order valence-corrected chi connectivity index (χ2v) is 7.30. The minimum Gasteiger partial charge on any atom is -0.494 e. The van der Waals surface area contributed by atoms with E-state index >= 15 is 0 Å². The van der Waals surface area contributed by atoms with Crippen molar-refractivity contribution in [3.05, 3.63) is 58.5 Å². The zero-order chi connectivity index (χ0) is 21.8. The first kappa shape index (κ1) is 20.8. The van der Waals surface area contributed by atoms with E-state index in [2.05, 4.69) is 11.9 Å². The van der Waals surface area contributed by atoms with Crippen LogP contribution in [-0.2, 0) is 13.0 Å². The molecule has 0 atom stereocenters. The number of aromatic nitrogens is 2. The molecule has 0 spiro atoms. The smallest absolute Gasteiger partial charge is 0.351 e. The zero-order valence-electron chi connectivity index (χ0n) is 18.0. The number of hydrogen-bond donors (Lipinski definition) is 0. The van der Waals surface area contributed by atoms with Gasteiger partial charge in [-0.3, -0.25) is 4.57 Å². The number of rotatable bonds is 8. The lowest BCUT2D eigenvalue weighted by Crippen LogP contribution is -2.28. The molecule has 1 aromatic heterocycles. The first-order chi connectivity index (χ1) is 15.1. The number of methoxy groups -OCH3 is 2. The number of nitrogens with zero attached hydrogens (tertiary/aromatic N) is 2. The molecule has 2 aromatic carbocycles. The van der Waals surface area contributed by atoms with Crippen molar-refractivity contribution < 1.29 is 18.9 Å². The third-order valence-corrected chi connectivity index (χ3v) is 5.29. The molecule has 31 heavy (non-hydrogen) atoms. The Balaban J connectivity index is 1.63. The van der Waals surface area contributed by atoms with Crippen LogP contribution in [0.25, 0.3) is 11.3 Å². The molecule has 7 nitrogen and oxygen atoms in total. The van der Waals surface area contributed by atoms with E-state index in [4.69, 9.17) is 18.9 Å². The van der Waals surface area contributed by atoms with Gasteiger partial charge in [-0.1, -0.05) is 13.3 Å². The lowest BCUT2D eigenvalue weighted by Gasteiger charge is -2.23. The number of ether oxygens (including phenoxy) is 4. The first-order valence-corrected chi connectivity index (χ1v) is 10.4. The second kappa shape index (κ2) is 9.12. The normalized spacial score (nSPS) is 12.0. The van der Waals surface area contributed by atoms with Crippen molar-refractivity contribution in [1.82, 2.24) is 9.55 Å². The molecule has 2 heterocycles. The van der Waals surface area contributed by atoms with Gasteiger partial charge in [0.25, 0.3) is 0 Å². The summed E-state index contributed by atoms with van der Waals surface area (Å²) >= 11 is 0. The highest BCUT2D eigenvalue weighted by atomic mass is 16.5. The number of unbranched alkanes of at least 4 members (excludes halogenated alkanes) is 1. The molecular weight excluding hydrogens is 396 g/mol. The molecule has 0 saturated heterocycles. The van der Waals surface area contributed by atoms with Crippen molar-refractivity contribution in [3.8, 4) is 40.1 Å². The molecule has 1 aliphatic heterocycles. The summed E-state index contributed by atoms with van der Waals surface area (Å²) in [6.45, 7) is 3.36. The van der Waals surface area contributed by atoms with Crippen molar-refractivity contribution in [3.63, 3.8) is 0 Å². The number of benzene rings is 2. The molecule has 0 bridgehead atoms. The van der Waals surface area contributed by atoms with E-state index in [9.17, 15) is 4.79 Å². The van der Waals surface area contributed by atoms with Gasteiger partial charge in [-0.25, -0.2) is 4.79 Å². The molecule has 1 aliphatic rings. The van der Waals surface area contributed by atoms with Gasteiger partial charge in [0.05, 0.1) is 26.5 Å². The summed E-state index contributed by atoms with van der Waals surface area (Å²) in [4.78, 5) is 16.8. The predicted molar refractivity (Wildman–Crippen MR) is 118 cm³/mol. The van der Waals surface area contributed by atoms with Crippen molar-refractivity contribution in [1.29, 1.82) is 0 Å². The maximum Gasteiger partial charge on any atom is 0.351 e. The monoisotopic (exact) mass is 422 g/mol. The first-order valence-electron chi connectivity index (χ1n) is 10.4. The molecule has 7 heteroatoms. The van der Waals surface area contributed by atoms with Gasteiger partial charge >= 0.3 is 5.69 Å². The quantitative estimate of drug-likeness (QED) is 0.499. The highest BCUT2D eigenvalue weighted by Crippen LogP contribution is 2.38. The fraction of sp³-hybridized carbons (Fsp3) is 0.333. The summed E-state index contributed by atoms with van der Waals surface area (Å²) in [5.74, 6) is 2.90. The SMILES string of the molecule is CCCCOc1ccc(Oc2cc3n(c(=O)n2)CCc2cc(OC)c(OC)cc2-3)cc1. The molecule has 0 unspecified atom stereocenters. The highest BCUT2D eigenvalue weighted by molar-refractivity contribution is 5.70. The number of hydrogen-bond acceptors (Lipinski definition) is 6. The van der Waals surface area contributed by atoms with Gasteiger partial charge in [0.1, 0.15) is 11.5 Å². The minimum atomic E-state index is -0.340. The molecule has 162 valence electrons. The summed E-state index contributed by atoms with van der Waals surface area (Å²) in [7, 11) is 3.21. The van der Waals surface area contributed by atoms with Crippen LogP contribution in [0.5, 0.6) is 28.9 Å². The molecule has 4 rings (SSSR count). The van der Waals surface area contributed by atoms with Crippen LogP contribution >= 0.6 is 0 Å². The van der Waals surface area contributed by atoms with E-state index in [1.165, 1.54) is 0 Å². The van der Waals surface area contributed by atoms with E-state index in [1.54, 1.807) is 24.9 Å². The molecule has 3 aromatic rings. The fourth-order valence-corrected chi connectivity index (χ4v) is 3.63. The lowest BCUT2D eigenvalue weighted by atomic mass is 9.97. The second-order valence-electron chi connectivity index (χ2n) is 7.30. The van der Waals surface area contributed by atoms with Gasteiger partial charge in [0.2, 0.25) is 5.88 Å². The predicted octanol–water partition coefficient (Wildman–Crippen LogP) is 4.45. The van der Waals surface area contributed by atoms with Gasteiger partial charge in [0, 0.05) is 18.2 Å². The highest BCUT2D eigenvalue weighted by Gasteiger charge is 2.22. The average Bonchev–Trinajstić information content (AvgIpc) is 2.79. The van der Waals surface area contributed by atoms with E-state index in [0.29, 0.717) is 36.8 Å². The molecule has 0 saturated carbocycles. The van der Waals surface area contributed by atoms with E-state index in [-0.39, 0.29) is 11.6 Å². The summed E-state index contributed by atoms with van der Waals surface area (Å²) in [5.41, 5.74) is 2.40. The number of aryl methyl sites for hydroxylation is 1. The minimum absolute atomic E-state index is 0.249. The Morgan fingerprint density at radius 3 is 2.42 bits per heavy atom. The lowest BCUT2D eigenvalue weighted by molar-refractivity contribution is 0.309. The van der Waals surface area contributed by atoms with Crippen LogP contribution in [0.3, 0.4) is 0 Å².